The second-order valence-electron chi connectivity index (χ2n) is 14.3. The Labute approximate surface area is 279 Å². The number of aldehydes is 1. The van der Waals surface area contributed by atoms with Crippen LogP contribution in [0.3, 0.4) is 0 Å². The minimum absolute atomic E-state index is 0.0149. The van der Waals surface area contributed by atoms with E-state index in [1.54, 1.807) is 6.07 Å². The maximum atomic E-state index is 14.0. The first-order valence-corrected chi connectivity index (χ1v) is 16.1. The second kappa shape index (κ2) is 12.3. The van der Waals surface area contributed by atoms with Gasteiger partial charge in [0, 0.05) is 29.9 Å². The number of hydrogen-bond donors (Lipinski definition) is 2. The molecular weight excluding hydrogens is 604 g/mol. The van der Waals surface area contributed by atoms with E-state index in [9.17, 15) is 19.8 Å². The van der Waals surface area contributed by atoms with Crippen LogP contribution in [0.25, 0.3) is 33.4 Å². The number of nitrogens with zero attached hydrogens (tertiary/aromatic N) is 6. The topological polar surface area (TPSA) is 136 Å². The third kappa shape index (κ3) is 6.30. The molecule has 0 bridgehead atoms. The van der Waals surface area contributed by atoms with E-state index in [0.717, 1.165) is 11.8 Å². The van der Waals surface area contributed by atoms with E-state index in [-0.39, 0.29) is 30.1 Å². The summed E-state index contributed by atoms with van der Waals surface area (Å²) in [7, 11) is 0. The normalized spacial score (nSPS) is 12.9. The van der Waals surface area contributed by atoms with Crippen molar-refractivity contribution < 1.29 is 19.8 Å². The van der Waals surface area contributed by atoms with Gasteiger partial charge in [0.05, 0.1) is 0 Å². The molecule has 0 aliphatic rings. The van der Waals surface area contributed by atoms with Crippen molar-refractivity contribution in [3.63, 3.8) is 0 Å². The molecule has 0 saturated carbocycles. The Morgan fingerprint density at radius 1 is 0.708 bits per heavy atom. The molecule has 0 aliphatic heterocycles. The zero-order valence-corrected chi connectivity index (χ0v) is 28.1. The summed E-state index contributed by atoms with van der Waals surface area (Å²) < 4.78 is 0. The molecule has 2 N–H and O–H groups in total. The first-order chi connectivity index (χ1) is 22.7. The third-order valence-corrected chi connectivity index (χ3v) is 8.67. The van der Waals surface area contributed by atoms with Crippen LogP contribution >= 0.6 is 0 Å². The number of carbonyl (C=O) groups is 2. The summed E-state index contributed by atoms with van der Waals surface area (Å²) in [5.41, 5.74) is 5.42. The summed E-state index contributed by atoms with van der Waals surface area (Å²) >= 11 is 0. The largest absolute Gasteiger partial charge is 0.505 e. The Kier molecular flexibility index (Phi) is 8.37. The molecule has 10 nitrogen and oxygen atoms in total. The molecule has 0 spiro atoms. The molecule has 10 heteroatoms. The zero-order chi connectivity index (χ0) is 34.4. The van der Waals surface area contributed by atoms with Crippen LogP contribution in [0.5, 0.6) is 11.5 Å². The standard InChI is InChI=1S/C38H40N6O4/c1-37(2,3)26-19-23(20-32(35(26)47)43-39-28-11-7-8-12-29(28)40-43)15-16-34(46)25(17-18-45)24-21-27(38(4,5)6)36(48)33(22-24)44-41-30-13-9-10-14-31(30)42-44/h7-14,18-22,25,47-48H,15-17H2,1-6H3. The van der Waals surface area contributed by atoms with Crippen molar-refractivity contribution in [2.24, 2.45) is 0 Å². The molecule has 2 aromatic heterocycles. The fourth-order valence-electron chi connectivity index (χ4n) is 6.04. The zero-order valence-electron chi connectivity index (χ0n) is 28.1. The highest BCUT2D eigenvalue weighted by atomic mass is 16.3. The van der Waals surface area contributed by atoms with Crippen LogP contribution in [0.15, 0.2) is 72.8 Å². The molecule has 4 aromatic carbocycles. The van der Waals surface area contributed by atoms with Crippen LogP contribution in [0.2, 0.25) is 0 Å². The number of ketones is 1. The molecule has 6 rings (SSSR count). The summed E-state index contributed by atoms with van der Waals surface area (Å²) in [6.45, 7) is 12.0. The summed E-state index contributed by atoms with van der Waals surface area (Å²) in [5, 5.41) is 41.1. The van der Waals surface area contributed by atoms with Gasteiger partial charge in [0.25, 0.3) is 0 Å². The van der Waals surface area contributed by atoms with Crippen LogP contribution in [0, 0.1) is 0 Å². The van der Waals surface area contributed by atoms with Crippen molar-refractivity contribution in [3.8, 4) is 22.9 Å². The predicted octanol–water partition coefficient (Wildman–Crippen LogP) is 7.04. The van der Waals surface area contributed by atoms with Crippen molar-refractivity contribution in [2.75, 3.05) is 0 Å². The third-order valence-electron chi connectivity index (χ3n) is 8.67. The van der Waals surface area contributed by atoms with Gasteiger partial charge in [0.2, 0.25) is 0 Å². The molecule has 0 fully saturated rings. The number of aryl methyl sites for hydroxylation is 1. The number of benzene rings is 4. The minimum atomic E-state index is -0.746. The molecule has 48 heavy (non-hydrogen) atoms. The summed E-state index contributed by atoms with van der Waals surface area (Å²) in [6, 6.07) is 22.2. The highest BCUT2D eigenvalue weighted by Crippen LogP contribution is 2.40. The molecule has 0 aliphatic carbocycles. The Balaban J connectivity index is 1.36. The number of Topliss-reactive ketones (excluding diaryl/α,β-unsaturated/α-hetero) is 1. The maximum Gasteiger partial charge on any atom is 0.146 e. The molecule has 1 unspecified atom stereocenters. The van der Waals surface area contributed by atoms with Crippen LogP contribution in [0.4, 0.5) is 0 Å². The lowest BCUT2D eigenvalue weighted by Crippen LogP contribution is -2.19. The van der Waals surface area contributed by atoms with E-state index < -0.39 is 16.7 Å². The first-order valence-electron chi connectivity index (χ1n) is 16.1. The van der Waals surface area contributed by atoms with Gasteiger partial charge in [0.15, 0.2) is 0 Å². The van der Waals surface area contributed by atoms with Crippen molar-refractivity contribution in [3.05, 3.63) is 95.1 Å². The van der Waals surface area contributed by atoms with E-state index in [0.29, 0.717) is 56.6 Å². The van der Waals surface area contributed by atoms with Crippen LogP contribution < -0.4 is 0 Å². The molecular formula is C38H40N6O4. The van der Waals surface area contributed by atoms with E-state index in [4.69, 9.17) is 0 Å². The number of fused-ring (bicyclic) bond motifs is 2. The predicted molar refractivity (Wildman–Crippen MR) is 185 cm³/mol. The van der Waals surface area contributed by atoms with E-state index in [2.05, 4.69) is 20.4 Å². The van der Waals surface area contributed by atoms with Gasteiger partial charge in [-0.25, -0.2) is 0 Å². The number of aromatic hydroxyl groups is 2. The maximum absolute atomic E-state index is 14.0. The highest BCUT2D eigenvalue weighted by Gasteiger charge is 2.29. The van der Waals surface area contributed by atoms with Gasteiger partial charge in [-0.15, -0.1) is 30.0 Å². The van der Waals surface area contributed by atoms with Gasteiger partial charge in [0.1, 0.15) is 57.0 Å². The molecule has 0 radical (unpaired) electrons. The number of phenolic OH excluding ortho intramolecular Hbond substituents is 2. The number of phenols is 2. The number of rotatable bonds is 9. The SMILES string of the molecule is CC(C)(C)c1cc(CCC(=O)C(CC=O)c2cc(-n3nc4ccccc4n3)c(O)c(C(C)(C)C)c2)cc(-n2nc3ccccc3n2)c1O. The van der Waals surface area contributed by atoms with Gasteiger partial charge in [-0.2, -0.15) is 0 Å². The Morgan fingerprint density at radius 3 is 1.58 bits per heavy atom. The first kappa shape index (κ1) is 32.6. The average Bonchev–Trinajstić information content (AvgIpc) is 3.66. The van der Waals surface area contributed by atoms with Gasteiger partial charge < -0.3 is 15.0 Å². The van der Waals surface area contributed by atoms with Crippen molar-refractivity contribution >= 4 is 34.1 Å². The molecule has 6 aromatic rings. The number of aromatic nitrogens is 6. The monoisotopic (exact) mass is 644 g/mol. The van der Waals surface area contributed by atoms with Gasteiger partial charge in [-0.3, -0.25) is 4.79 Å². The summed E-state index contributed by atoms with van der Waals surface area (Å²) in [4.78, 5) is 28.8. The van der Waals surface area contributed by atoms with E-state index in [1.807, 2.05) is 108 Å². The fraction of sp³-hybridized carbons (Fsp3) is 0.316. The van der Waals surface area contributed by atoms with Gasteiger partial charge in [-0.1, -0.05) is 77.9 Å². The summed E-state index contributed by atoms with van der Waals surface area (Å²) in [6.07, 6.45) is 1.26. The van der Waals surface area contributed by atoms with Gasteiger partial charge in [-0.05, 0) is 64.8 Å². The number of carbonyl (C=O) groups excluding carboxylic acids is 2. The number of hydrogen-bond acceptors (Lipinski definition) is 8. The van der Waals surface area contributed by atoms with Gasteiger partial charge >= 0.3 is 0 Å². The molecule has 0 saturated heterocycles. The van der Waals surface area contributed by atoms with Crippen LogP contribution in [-0.2, 0) is 26.8 Å². The van der Waals surface area contributed by atoms with Crippen molar-refractivity contribution in [1.82, 2.24) is 30.0 Å². The van der Waals surface area contributed by atoms with Crippen molar-refractivity contribution in [2.45, 2.75) is 77.6 Å². The lowest BCUT2D eigenvalue weighted by molar-refractivity contribution is -0.122. The van der Waals surface area contributed by atoms with E-state index >= 15 is 0 Å². The highest BCUT2D eigenvalue weighted by molar-refractivity contribution is 5.88. The minimum Gasteiger partial charge on any atom is -0.505 e. The molecule has 0 amide bonds. The van der Waals surface area contributed by atoms with Crippen LogP contribution in [0.1, 0.15) is 82.6 Å². The van der Waals surface area contributed by atoms with Crippen molar-refractivity contribution in [1.29, 1.82) is 0 Å². The van der Waals surface area contributed by atoms with E-state index in [1.165, 1.54) is 9.59 Å². The Hall–Kier alpha value is -5.38. The lowest BCUT2D eigenvalue weighted by Gasteiger charge is -2.25. The Bertz CT molecular complexity index is 2100. The fourth-order valence-corrected chi connectivity index (χ4v) is 6.04. The quantitative estimate of drug-likeness (QED) is 0.160. The second-order valence-corrected chi connectivity index (χ2v) is 14.3. The molecule has 246 valence electrons. The Morgan fingerprint density at radius 2 is 1.15 bits per heavy atom. The average molecular weight is 645 g/mol. The summed E-state index contributed by atoms with van der Waals surface area (Å²) in [5.74, 6) is -0.755. The molecule has 1 atom stereocenters. The smallest absolute Gasteiger partial charge is 0.146 e. The molecule has 2 heterocycles. The lowest BCUT2D eigenvalue weighted by atomic mass is 9.81. The van der Waals surface area contributed by atoms with Crippen LogP contribution in [-0.4, -0.2) is 52.3 Å².